The Hall–Kier alpha value is -2.81. The minimum atomic E-state index is -0.158. The molecule has 2 aromatic carbocycles. The normalized spacial score (nSPS) is 10.7. The lowest BCUT2D eigenvalue weighted by Gasteiger charge is -2.13. The number of halogens is 1. The molecule has 0 atom stereocenters. The number of nitrogens with zero attached hydrogens (tertiary/aromatic N) is 3. The molecule has 0 fully saturated rings. The number of carbonyl (C=O) groups excluding carboxylic acids is 1. The quantitative estimate of drug-likeness (QED) is 0.377. The van der Waals surface area contributed by atoms with Crippen LogP contribution in [0.4, 0.5) is 5.69 Å². The molecule has 4 aromatic rings. The van der Waals surface area contributed by atoms with Crippen LogP contribution < -0.4 is 10.1 Å². The third kappa shape index (κ3) is 4.51. The molecule has 0 spiro atoms. The molecule has 4 rings (SSSR count). The second-order valence-corrected chi connectivity index (χ2v) is 8.46. The topological polar surface area (TPSA) is 69.0 Å². The Bertz CT molecular complexity index is 1160. The molecule has 0 aliphatic carbocycles. The molecule has 0 radical (unpaired) electrons. The zero-order valence-corrected chi connectivity index (χ0v) is 18.3. The number of thiophene rings is 1. The fraction of sp³-hybridized carbons (Fsp3) is 0.0952. The van der Waals surface area contributed by atoms with Crippen LogP contribution in [0, 0.1) is 0 Å². The van der Waals surface area contributed by atoms with E-state index in [0.717, 1.165) is 10.6 Å². The van der Waals surface area contributed by atoms with Gasteiger partial charge >= 0.3 is 0 Å². The predicted octanol–water partition coefficient (Wildman–Crippen LogP) is 5.39. The number of para-hydroxylation sites is 2. The molecule has 152 valence electrons. The van der Waals surface area contributed by atoms with Gasteiger partial charge in [0.2, 0.25) is 5.91 Å². The van der Waals surface area contributed by atoms with Crippen LogP contribution in [0.15, 0.2) is 71.2 Å². The highest BCUT2D eigenvalue weighted by Gasteiger charge is 2.20. The lowest BCUT2D eigenvalue weighted by atomic mass is 10.3. The summed E-state index contributed by atoms with van der Waals surface area (Å²) >= 11 is 8.86. The van der Waals surface area contributed by atoms with Crippen LogP contribution >= 0.6 is 34.7 Å². The lowest BCUT2D eigenvalue weighted by Crippen LogP contribution is -2.14. The number of thioether (sulfide) groups is 1. The zero-order chi connectivity index (χ0) is 20.9. The summed E-state index contributed by atoms with van der Waals surface area (Å²) < 4.78 is 7.46. The van der Waals surface area contributed by atoms with Gasteiger partial charge < -0.3 is 10.1 Å². The first-order chi connectivity index (χ1) is 14.7. The summed E-state index contributed by atoms with van der Waals surface area (Å²) in [7, 11) is 1.62. The van der Waals surface area contributed by atoms with Crippen LogP contribution in [-0.2, 0) is 4.79 Å². The first-order valence-electron chi connectivity index (χ1n) is 8.96. The van der Waals surface area contributed by atoms with E-state index in [4.69, 9.17) is 16.3 Å². The Balaban J connectivity index is 1.61. The molecular weight excluding hydrogens is 440 g/mol. The first kappa shape index (κ1) is 20.5. The summed E-state index contributed by atoms with van der Waals surface area (Å²) in [6.07, 6.45) is 0. The second kappa shape index (κ2) is 9.34. The number of rotatable bonds is 7. The van der Waals surface area contributed by atoms with Crippen molar-refractivity contribution in [2.75, 3.05) is 18.2 Å². The molecule has 30 heavy (non-hydrogen) atoms. The highest BCUT2D eigenvalue weighted by molar-refractivity contribution is 7.99. The van der Waals surface area contributed by atoms with E-state index in [1.54, 1.807) is 42.7 Å². The molecule has 9 heteroatoms. The van der Waals surface area contributed by atoms with E-state index in [0.29, 0.717) is 27.4 Å². The average Bonchev–Trinajstić information content (AvgIpc) is 3.42. The molecule has 2 heterocycles. The summed E-state index contributed by atoms with van der Waals surface area (Å²) in [6.45, 7) is 0. The molecule has 0 saturated carbocycles. The van der Waals surface area contributed by atoms with E-state index < -0.39 is 0 Å². The first-order valence-corrected chi connectivity index (χ1v) is 11.2. The molecule has 2 aromatic heterocycles. The van der Waals surface area contributed by atoms with Crippen LogP contribution in [0.25, 0.3) is 16.4 Å². The highest BCUT2D eigenvalue weighted by Crippen LogP contribution is 2.34. The minimum Gasteiger partial charge on any atom is -0.495 e. The largest absolute Gasteiger partial charge is 0.495 e. The summed E-state index contributed by atoms with van der Waals surface area (Å²) in [5.41, 5.74) is 1.46. The molecule has 0 aliphatic heterocycles. The van der Waals surface area contributed by atoms with E-state index >= 15 is 0 Å². The number of hydrogen-bond donors (Lipinski definition) is 1. The van der Waals surface area contributed by atoms with Gasteiger partial charge in [-0.25, -0.2) is 0 Å². The molecule has 0 aliphatic rings. The molecule has 6 nitrogen and oxygen atoms in total. The van der Waals surface area contributed by atoms with E-state index in [-0.39, 0.29) is 11.7 Å². The minimum absolute atomic E-state index is 0.158. The van der Waals surface area contributed by atoms with Gasteiger partial charge in [-0.2, -0.15) is 0 Å². The number of amides is 1. The smallest absolute Gasteiger partial charge is 0.234 e. The molecule has 1 N–H and O–H groups in total. The van der Waals surface area contributed by atoms with Crippen LogP contribution in [0.5, 0.6) is 5.75 Å². The maximum absolute atomic E-state index is 12.4. The molecular formula is C21H17ClN4O2S2. The van der Waals surface area contributed by atoms with E-state index in [2.05, 4.69) is 15.5 Å². The van der Waals surface area contributed by atoms with Crippen molar-refractivity contribution in [2.45, 2.75) is 5.16 Å². The fourth-order valence-electron chi connectivity index (χ4n) is 2.85. The van der Waals surface area contributed by atoms with Gasteiger partial charge in [-0.1, -0.05) is 47.6 Å². The van der Waals surface area contributed by atoms with Gasteiger partial charge in [0.25, 0.3) is 0 Å². The summed E-state index contributed by atoms with van der Waals surface area (Å²) in [6, 6.07) is 18.7. The Morgan fingerprint density at radius 2 is 2.03 bits per heavy atom. The van der Waals surface area contributed by atoms with Crippen molar-refractivity contribution < 1.29 is 9.53 Å². The van der Waals surface area contributed by atoms with Gasteiger partial charge in [-0.05, 0) is 41.8 Å². The van der Waals surface area contributed by atoms with Crippen molar-refractivity contribution in [1.29, 1.82) is 0 Å². The number of benzene rings is 2. The number of hydrogen-bond acceptors (Lipinski definition) is 6. The number of anilines is 1. The van der Waals surface area contributed by atoms with E-state index in [1.807, 2.05) is 46.3 Å². The van der Waals surface area contributed by atoms with Crippen LogP contribution in [0.3, 0.4) is 0 Å². The molecule has 0 unspecified atom stereocenters. The number of ether oxygens (including phenoxy) is 1. The zero-order valence-electron chi connectivity index (χ0n) is 15.9. The third-order valence-corrected chi connectivity index (χ3v) is 6.17. The third-order valence-electron chi connectivity index (χ3n) is 4.14. The van der Waals surface area contributed by atoms with Crippen LogP contribution in [-0.4, -0.2) is 33.5 Å². The van der Waals surface area contributed by atoms with Gasteiger partial charge in [0.15, 0.2) is 11.0 Å². The van der Waals surface area contributed by atoms with Crippen molar-refractivity contribution in [3.05, 3.63) is 71.1 Å². The molecule has 1 amide bonds. The van der Waals surface area contributed by atoms with Crippen molar-refractivity contribution in [3.63, 3.8) is 0 Å². The Morgan fingerprint density at radius 1 is 1.17 bits per heavy atom. The molecule has 0 saturated heterocycles. The van der Waals surface area contributed by atoms with Crippen LogP contribution in [0.2, 0.25) is 5.02 Å². The van der Waals surface area contributed by atoms with Crippen molar-refractivity contribution >= 4 is 46.3 Å². The van der Waals surface area contributed by atoms with Crippen molar-refractivity contribution in [1.82, 2.24) is 14.8 Å². The van der Waals surface area contributed by atoms with Gasteiger partial charge in [-0.15, -0.1) is 21.5 Å². The summed E-state index contributed by atoms with van der Waals surface area (Å²) in [4.78, 5) is 13.4. The second-order valence-electron chi connectivity index (χ2n) is 6.14. The lowest BCUT2D eigenvalue weighted by molar-refractivity contribution is -0.113. The van der Waals surface area contributed by atoms with Gasteiger partial charge in [0.1, 0.15) is 5.75 Å². The van der Waals surface area contributed by atoms with Gasteiger partial charge in [0.05, 0.1) is 23.4 Å². The maximum atomic E-state index is 12.4. The summed E-state index contributed by atoms with van der Waals surface area (Å²) in [5, 5.41) is 14.7. The highest BCUT2D eigenvalue weighted by atomic mass is 35.5. The maximum Gasteiger partial charge on any atom is 0.234 e. The van der Waals surface area contributed by atoms with Crippen LogP contribution in [0.1, 0.15) is 0 Å². The number of nitrogens with one attached hydrogen (secondary N) is 1. The number of aromatic nitrogens is 3. The van der Waals surface area contributed by atoms with E-state index in [1.165, 1.54) is 11.8 Å². The predicted molar refractivity (Wildman–Crippen MR) is 122 cm³/mol. The summed E-state index contributed by atoms with van der Waals surface area (Å²) in [5.74, 6) is 1.41. The fourth-order valence-corrected chi connectivity index (χ4v) is 4.49. The SMILES string of the molecule is COc1ccccc1-n1c(SCC(=O)Nc2cccc(Cl)c2)nnc1-c1cccs1. The van der Waals surface area contributed by atoms with Gasteiger partial charge in [-0.3, -0.25) is 9.36 Å². The monoisotopic (exact) mass is 456 g/mol. The average molecular weight is 457 g/mol. The number of carbonyl (C=O) groups is 1. The van der Waals surface area contributed by atoms with E-state index in [9.17, 15) is 4.79 Å². The molecule has 0 bridgehead atoms. The Kier molecular flexibility index (Phi) is 6.37. The van der Waals surface area contributed by atoms with Crippen molar-refractivity contribution in [3.8, 4) is 22.1 Å². The van der Waals surface area contributed by atoms with Gasteiger partial charge in [0, 0.05) is 10.7 Å². The Morgan fingerprint density at radius 3 is 2.80 bits per heavy atom. The number of methoxy groups -OCH3 is 1. The van der Waals surface area contributed by atoms with Crippen molar-refractivity contribution in [2.24, 2.45) is 0 Å². The Labute approximate surface area is 186 Å². The standard InChI is InChI=1S/C21H17ClN4O2S2/c1-28-17-9-3-2-8-16(17)26-20(18-10-5-11-29-18)24-25-21(26)30-13-19(27)23-15-7-4-6-14(22)12-15/h2-12H,13H2,1H3,(H,23,27).